The van der Waals surface area contributed by atoms with E-state index in [2.05, 4.69) is 51.5 Å². The second-order valence-corrected chi connectivity index (χ2v) is 4.68. The topological polar surface area (TPSA) is 29.9 Å². The van der Waals surface area contributed by atoms with Crippen molar-refractivity contribution in [3.05, 3.63) is 46.1 Å². The van der Waals surface area contributed by atoms with Gasteiger partial charge >= 0.3 is 0 Å². The van der Waals surface area contributed by atoms with Crippen LogP contribution in [0.2, 0.25) is 0 Å². The van der Waals surface area contributed by atoms with E-state index in [1.807, 2.05) is 17.8 Å². The van der Waals surface area contributed by atoms with E-state index in [4.69, 9.17) is 0 Å². The highest BCUT2D eigenvalue weighted by Crippen LogP contribution is 2.17. The van der Waals surface area contributed by atoms with Crippen LogP contribution in [-0.4, -0.2) is 9.78 Å². The summed E-state index contributed by atoms with van der Waals surface area (Å²) in [6, 6.07) is 8.28. The fraction of sp³-hybridized carbons (Fsp3) is 0.250. The lowest BCUT2D eigenvalue weighted by Gasteiger charge is -2.09. The molecular formula is C12H14BrN3. The molecule has 0 unspecified atom stereocenters. The van der Waals surface area contributed by atoms with Crippen LogP contribution in [0.15, 0.2) is 34.9 Å². The number of benzene rings is 1. The predicted octanol–water partition coefficient (Wildman–Crippen LogP) is 3.10. The van der Waals surface area contributed by atoms with Crippen LogP contribution in [0, 0.1) is 6.92 Å². The third-order valence-corrected chi connectivity index (χ3v) is 3.08. The van der Waals surface area contributed by atoms with Crippen LogP contribution >= 0.6 is 15.9 Å². The first kappa shape index (κ1) is 11.2. The molecule has 0 bridgehead atoms. The average Bonchev–Trinajstić information content (AvgIpc) is 2.63. The molecule has 0 fully saturated rings. The SMILES string of the molecule is Cc1cc(Br)ccc1CNc1ccnn1C. The largest absolute Gasteiger partial charge is 0.366 e. The molecule has 0 amide bonds. The van der Waals surface area contributed by atoms with Gasteiger partial charge in [-0.05, 0) is 30.2 Å². The molecule has 0 aliphatic carbocycles. The fourth-order valence-corrected chi connectivity index (χ4v) is 2.07. The summed E-state index contributed by atoms with van der Waals surface area (Å²) in [6.45, 7) is 2.93. The highest BCUT2D eigenvalue weighted by Gasteiger charge is 2.01. The first-order valence-electron chi connectivity index (χ1n) is 5.14. The molecule has 0 atom stereocenters. The zero-order valence-electron chi connectivity index (χ0n) is 9.37. The number of nitrogens with zero attached hydrogens (tertiary/aromatic N) is 2. The summed E-state index contributed by atoms with van der Waals surface area (Å²) in [4.78, 5) is 0. The van der Waals surface area contributed by atoms with Gasteiger partial charge in [-0.25, -0.2) is 0 Å². The van der Waals surface area contributed by atoms with Gasteiger partial charge in [-0.3, -0.25) is 4.68 Å². The summed E-state index contributed by atoms with van der Waals surface area (Å²) < 4.78 is 2.95. The van der Waals surface area contributed by atoms with Gasteiger partial charge in [-0.1, -0.05) is 22.0 Å². The van der Waals surface area contributed by atoms with E-state index in [1.54, 1.807) is 6.20 Å². The van der Waals surface area contributed by atoms with Gasteiger partial charge in [0.15, 0.2) is 0 Å². The van der Waals surface area contributed by atoms with Crippen molar-refractivity contribution in [2.45, 2.75) is 13.5 Å². The van der Waals surface area contributed by atoms with Crippen molar-refractivity contribution in [1.29, 1.82) is 0 Å². The Bertz CT molecular complexity index is 491. The summed E-state index contributed by atoms with van der Waals surface area (Å²) >= 11 is 3.46. The number of hydrogen-bond donors (Lipinski definition) is 1. The Morgan fingerprint density at radius 2 is 2.19 bits per heavy atom. The zero-order chi connectivity index (χ0) is 11.5. The Labute approximate surface area is 104 Å². The van der Waals surface area contributed by atoms with Gasteiger partial charge in [0.25, 0.3) is 0 Å². The van der Waals surface area contributed by atoms with Crippen LogP contribution in [0.25, 0.3) is 0 Å². The van der Waals surface area contributed by atoms with E-state index in [0.29, 0.717) is 0 Å². The van der Waals surface area contributed by atoms with Crippen molar-refractivity contribution in [2.24, 2.45) is 7.05 Å². The third kappa shape index (κ3) is 2.44. The van der Waals surface area contributed by atoms with Gasteiger partial charge < -0.3 is 5.32 Å². The van der Waals surface area contributed by atoms with E-state index in [-0.39, 0.29) is 0 Å². The van der Waals surface area contributed by atoms with Crippen LogP contribution in [0.4, 0.5) is 5.82 Å². The molecule has 0 aliphatic heterocycles. The molecule has 0 saturated carbocycles. The molecular weight excluding hydrogens is 266 g/mol. The molecule has 2 rings (SSSR count). The molecule has 16 heavy (non-hydrogen) atoms. The standard InChI is InChI=1S/C12H14BrN3/c1-9-7-11(13)4-3-10(9)8-14-12-5-6-15-16(12)2/h3-7,14H,8H2,1-2H3. The highest BCUT2D eigenvalue weighted by atomic mass is 79.9. The minimum Gasteiger partial charge on any atom is -0.366 e. The lowest BCUT2D eigenvalue weighted by atomic mass is 10.1. The van der Waals surface area contributed by atoms with E-state index in [9.17, 15) is 0 Å². The van der Waals surface area contributed by atoms with Crippen LogP contribution in [0.3, 0.4) is 0 Å². The maximum absolute atomic E-state index is 4.11. The van der Waals surface area contributed by atoms with Crippen molar-refractivity contribution in [3.8, 4) is 0 Å². The first-order valence-corrected chi connectivity index (χ1v) is 5.93. The molecule has 0 radical (unpaired) electrons. The lowest BCUT2D eigenvalue weighted by Crippen LogP contribution is -2.05. The number of aromatic nitrogens is 2. The third-order valence-electron chi connectivity index (χ3n) is 2.59. The second kappa shape index (κ2) is 4.70. The van der Waals surface area contributed by atoms with Crippen molar-refractivity contribution in [1.82, 2.24) is 9.78 Å². The maximum Gasteiger partial charge on any atom is 0.124 e. The minimum absolute atomic E-state index is 0.818. The molecule has 0 aliphatic rings. The predicted molar refractivity (Wildman–Crippen MR) is 69.4 cm³/mol. The van der Waals surface area contributed by atoms with Crippen LogP contribution in [0.1, 0.15) is 11.1 Å². The lowest BCUT2D eigenvalue weighted by molar-refractivity contribution is 0.768. The Hall–Kier alpha value is -1.29. The summed E-state index contributed by atoms with van der Waals surface area (Å²) in [5, 5.41) is 7.47. The van der Waals surface area contributed by atoms with Crippen LogP contribution in [-0.2, 0) is 13.6 Å². The van der Waals surface area contributed by atoms with Crippen molar-refractivity contribution in [3.63, 3.8) is 0 Å². The molecule has 0 spiro atoms. The van der Waals surface area contributed by atoms with E-state index >= 15 is 0 Å². The molecule has 1 aromatic heterocycles. The number of hydrogen-bond acceptors (Lipinski definition) is 2. The van der Waals surface area contributed by atoms with Crippen LogP contribution in [0.5, 0.6) is 0 Å². The zero-order valence-corrected chi connectivity index (χ0v) is 11.0. The van der Waals surface area contributed by atoms with Gasteiger partial charge in [0.05, 0.1) is 6.20 Å². The average molecular weight is 280 g/mol. The number of anilines is 1. The molecule has 3 nitrogen and oxygen atoms in total. The van der Waals surface area contributed by atoms with Gasteiger partial charge in [-0.15, -0.1) is 0 Å². The quantitative estimate of drug-likeness (QED) is 0.936. The number of nitrogens with one attached hydrogen (secondary N) is 1. The van der Waals surface area contributed by atoms with E-state index < -0.39 is 0 Å². The van der Waals surface area contributed by atoms with Gasteiger partial charge in [0, 0.05) is 24.1 Å². The summed E-state index contributed by atoms with van der Waals surface area (Å²) in [5.74, 6) is 1.03. The Balaban J connectivity index is 2.08. The van der Waals surface area contributed by atoms with Crippen molar-refractivity contribution < 1.29 is 0 Å². The van der Waals surface area contributed by atoms with E-state index in [1.165, 1.54) is 11.1 Å². The first-order chi connectivity index (χ1) is 7.66. The molecule has 2 aromatic rings. The van der Waals surface area contributed by atoms with Gasteiger partial charge in [0.1, 0.15) is 5.82 Å². The number of rotatable bonds is 3. The van der Waals surface area contributed by atoms with Crippen LogP contribution < -0.4 is 5.32 Å². The van der Waals surface area contributed by atoms with Gasteiger partial charge in [0.2, 0.25) is 0 Å². The van der Waals surface area contributed by atoms with Crippen molar-refractivity contribution >= 4 is 21.7 Å². The second-order valence-electron chi connectivity index (χ2n) is 3.76. The Morgan fingerprint density at radius 3 is 2.81 bits per heavy atom. The number of halogens is 1. The molecule has 1 heterocycles. The Morgan fingerprint density at radius 1 is 1.38 bits per heavy atom. The minimum atomic E-state index is 0.818. The fourth-order valence-electron chi connectivity index (χ4n) is 1.59. The number of aryl methyl sites for hydroxylation is 2. The molecule has 4 heteroatoms. The summed E-state index contributed by atoms with van der Waals surface area (Å²) in [5.41, 5.74) is 2.58. The Kier molecular flexibility index (Phi) is 3.29. The summed E-state index contributed by atoms with van der Waals surface area (Å²) in [7, 11) is 1.93. The summed E-state index contributed by atoms with van der Waals surface area (Å²) in [6.07, 6.45) is 1.79. The monoisotopic (exact) mass is 279 g/mol. The molecule has 0 saturated heterocycles. The maximum atomic E-state index is 4.11. The molecule has 1 N–H and O–H groups in total. The normalized spacial score (nSPS) is 10.4. The van der Waals surface area contributed by atoms with Gasteiger partial charge in [-0.2, -0.15) is 5.10 Å². The van der Waals surface area contributed by atoms with E-state index in [0.717, 1.165) is 16.8 Å². The highest BCUT2D eigenvalue weighted by molar-refractivity contribution is 9.10. The molecule has 84 valence electrons. The smallest absolute Gasteiger partial charge is 0.124 e. The van der Waals surface area contributed by atoms with Crippen molar-refractivity contribution in [2.75, 3.05) is 5.32 Å². The molecule has 1 aromatic carbocycles.